The molecule has 0 bridgehead atoms. The minimum absolute atomic E-state index is 0.0604. The third kappa shape index (κ3) is 5.07. The van der Waals surface area contributed by atoms with Crippen LogP contribution in [0.5, 0.6) is 0 Å². The lowest BCUT2D eigenvalue weighted by molar-refractivity contribution is -0.136. The van der Waals surface area contributed by atoms with E-state index in [9.17, 15) is 19.2 Å². The number of para-hydroxylation sites is 1. The van der Waals surface area contributed by atoms with E-state index < -0.39 is 11.9 Å². The minimum Gasteiger partial charge on any atom is -0.382 e. The second-order valence-corrected chi connectivity index (χ2v) is 11.0. The van der Waals surface area contributed by atoms with Crippen molar-refractivity contribution in [2.45, 2.75) is 44.3 Å². The molecule has 6 rings (SSSR count). The number of hydrogen-bond acceptors (Lipinski definition) is 5. The van der Waals surface area contributed by atoms with Crippen molar-refractivity contribution in [1.82, 2.24) is 15.1 Å². The predicted molar refractivity (Wildman–Crippen MR) is 152 cm³/mol. The fourth-order valence-corrected chi connectivity index (χ4v) is 5.95. The normalized spacial score (nSPS) is 19.4. The fraction of sp³-hybridized carbons (Fsp3) is 0.290. The van der Waals surface area contributed by atoms with Crippen LogP contribution in [0.1, 0.15) is 52.0 Å². The Labute approximate surface area is 237 Å². The number of imide groups is 1. The lowest BCUT2D eigenvalue weighted by Crippen LogP contribution is -2.52. The summed E-state index contributed by atoms with van der Waals surface area (Å²) in [6.45, 7) is 1.50. The molecule has 8 nitrogen and oxygen atoms in total. The molecule has 204 valence electrons. The van der Waals surface area contributed by atoms with Crippen molar-refractivity contribution in [1.29, 1.82) is 0 Å². The number of benzene rings is 3. The number of nitrogens with zero attached hydrogens (tertiary/aromatic N) is 2. The van der Waals surface area contributed by atoms with E-state index in [2.05, 4.69) is 22.8 Å². The van der Waals surface area contributed by atoms with E-state index >= 15 is 0 Å². The highest BCUT2D eigenvalue weighted by molar-refractivity contribution is 6.30. The zero-order valence-corrected chi connectivity index (χ0v) is 22.6. The Morgan fingerprint density at radius 1 is 0.900 bits per heavy atom. The molecule has 9 heteroatoms. The molecule has 3 heterocycles. The molecule has 3 aromatic carbocycles. The Morgan fingerprint density at radius 3 is 2.40 bits per heavy atom. The fourth-order valence-electron chi connectivity index (χ4n) is 5.83. The Kier molecular flexibility index (Phi) is 7.02. The first-order chi connectivity index (χ1) is 19.4. The van der Waals surface area contributed by atoms with Crippen LogP contribution in [0.25, 0.3) is 11.1 Å². The topological polar surface area (TPSA) is 98.8 Å². The highest BCUT2D eigenvalue weighted by Gasteiger charge is 2.39. The van der Waals surface area contributed by atoms with Gasteiger partial charge in [-0.05, 0) is 66.8 Å². The molecule has 3 aliphatic heterocycles. The summed E-state index contributed by atoms with van der Waals surface area (Å²) in [6, 6.07) is 20.7. The Balaban J connectivity index is 1.09. The number of piperidine rings is 2. The highest BCUT2D eigenvalue weighted by Crippen LogP contribution is 2.31. The second kappa shape index (κ2) is 10.8. The van der Waals surface area contributed by atoms with Crippen LogP contribution in [0.4, 0.5) is 5.69 Å². The molecule has 2 fully saturated rings. The van der Waals surface area contributed by atoms with Crippen LogP contribution < -0.4 is 10.6 Å². The van der Waals surface area contributed by atoms with Gasteiger partial charge in [0.2, 0.25) is 11.8 Å². The molecular weight excluding hydrogens is 528 g/mol. The van der Waals surface area contributed by atoms with Gasteiger partial charge in [-0.2, -0.15) is 0 Å². The van der Waals surface area contributed by atoms with E-state index in [1.165, 1.54) is 4.90 Å². The largest absolute Gasteiger partial charge is 0.382 e. The van der Waals surface area contributed by atoms with Gasteiger partial charge in [-0.3, -0.25) is 24.5 Å². The lowest BCUT2D eigenvalue weighted by atomic mass is 9.99. The van der Waals surface area contributed by atoms with Crippen molar-refractivity contribution in [3.8, 4) is 11.1 Å². The maximum atomic E-state index is 13.4. The number of likely N-dealkylation sites (tertiary alicyclic amines) is 1. The van der Waals surface area contributed by atoms with Crippen molar-refractivity contribution < 1.29 is 19.2 Å². The number of carbonyl (C=O) groups is 4. The molecule has 0 spiro atoms. The van der Waals surface area contributed by atoms with E-state index in [4.69, 9.17) is 11.6 Å². The quantitative estimate of drug-likeness (QED) is 0.451. The number of anilines is 1. The summed E-state index contributed by atoms with van der Waals surface area (Å²) in [5.41, 5.74) is 5.03. The van der Waals surface area contributed by atoms with Gasteiger partial charge in [-0.25, -0.2) is 0 Å². The molecule has 2 saturated heterocycles. The first-order valence-corrected chi connectivity index (χ1v) is 13.9. The van der Waals surface area contributed by atoms with Gasteiger partial charge in [-0.15, -0.1) is 0 Å². The predicted octanol–water partition coefficient (Wildman–Crippen LogP) is 4.48. The van der Waals surface area contributed by atoms with Gasteiger partial charge in [0.15, 0.2) is 0 Å². The Bertz CT molecular complexity index is 1500. The summed E-state index contributed by atoms with van der Waals surface area (Å²) >= 11 is 6.07. The SMILES string of the molecule is O=C1CCC(N2Cc3cc(C(=O)N4CCC(Nc5ccccc5-c5ccc(Cl)cc5)CC4)ccc3C2=O)C(=O)N1. The van der Waals surface area contributed by atoms with Crippen molar-refractivity contribution in [2.24, 2.45) is 0 Å². The van der Waals surface area contributed by atoms with Gasteiger partial charge in [0.25, 0.3) is 11.8 Å². The van der Waals surface area contributed by atoms with Gasteiger partial charge in [-0.1, -0.05) is 41.9 Å². The van der Waals surface area contributed by atoms with Crippen LogP contribution in [-0.2, 0) is 16.1 Å². The molecule has 4 amide bonds. The minimum atomic E-state index is -0.673. The molecule has 3 aliphatic rings. The zero-order chi connectivity index (χ0) is 27.8. The first-order valence-electron chi connectivity index (χ1n) is 13.6. The van der Waals surface area contributed by atoms with Crippen molar-refractivity contribution in [3.63, 3.8) is 0 Å². The van der Waals surface area contributed by atoms with Crippen molar-refractivity contribution in [2.75, 3.05) is 18.4 Å². The molecule has 2 N–H and O–H groups in total. The lowest BCUT2D eigenvalue weighted by Gasteiger charge is -2.33. The number of amides is 4. The summed E-state index contributed by atoms with van der Waals surface area (Å²) in [5, 5.41) is 6.69. The van der Waals surface area contributed by atoms with E-state index in [1.807, 2.05) is 41.3 Å². The second-order valence-electron chi connectivity index (χ2n) is 10.5. The molecule has 0 saturated carbocycles. The average Bonchev–Trinajstić information content (AvgIpc) is 3.29. The number of fused-ring (bicyclic) bond motifs is 1. The monoisotopic (exact) mass is 556 g/mol. The van der Waals surface area contributed by atoms with Crippen LogP contribution in [-0.4, -0.2) is 58.6 Å². The number of nitrogens with one attached hydrogen (secondary N) is 2. The van der Waals surface area contributed by atoms with E-state index in [-0.39, 0.29) is 36.7 Å². The smallest absolute Gasteiger partial charge is 0.255 e. The molecule has 1 atom stereocenters. The third-order valence-electron chi connectivity index (χ3n) is 7.99. The zero-order valence-electron chi connectivity index (χ0n) is 21.9. The number of rotatable bonds is 5. The first kappa shape index (κ1) is 26.1. The molecule has 0 aromatic heterocycles. The molecule has 0 radical (unpaired) electrons. The maximum absolute atomic E-state index is 13.4. The summed E-state index contributed by atoms with van der Waals surface area (Å²) in [7, 11) is 0. The number of hydrogen-bond donors (Lipinski definition) is 2. The van der Waals surface area contributed by atoms with E-state index in [0.717, 1.165) is 35.2 Å². The van der Waals surface area contributed by atoms with E-state index in [0.29, 0.717) is 35.7 Å². The Hall–Kier alpha value is -4.17. The standard InChI is InChI=1S/C31H29ClN4O4/c32-22-8-5-19(6-9-22)24-3-1-2-4-26(24)33-23-13-15-35(16-14-23)30(39)20-7-10-25-21(17-20)18-36(31(25)40)27-11-12-28(37)34-29(27)38/h1-10,17,23,27,33H,11-16,18H2,(H,34,37,38). The van der Waals surface area contributed by atoms with Crippen LogP contribution in [0, 0.1) is 0 Å². The van der Waals surface area contributed by atoms with Gasteiger partial charge >= 0.3 is 0 Å². The van der Waals surface area contributed by atoms with Gasteiger partial charge < -0.3 is 15.1 Å². The van der Waals surface area contributed by atoms with Crippen molar-refractivity contribution >= 4 is 40.9 Å². The third-order valence-corrected chi connectivity index (χ3v) is 8.25. The van der Waals surface area contributed by atoms with Gasteiger partial charge in [0.1, 0.15) is 6.04 Å². The van der Waals surface area contributed by atoms with E-state index in [1.54, 1.807) is 18.2 Å². The van der Waals surface area contributed by atoms with Gasteiger partial charge in [0.05, 0.1) is 0 Å². The van der Waals surface area contributed by atoms with Crippen LogP contribution in [0.3, 0.4) is 0 Å². The molecule has 3 aromatic rings. The van der Waals surface area contributed by atoms with Crippen LogP contribution in [0.15, 0.2) is 66.7 Å². The number of carbonyl (C=O) groups excluding carboxylic acids is 4. The molecule has 40 heavy (non-hydrogen) atoms. The number of halogens is 1. The Morgan fingerprint density at radius 2 is 1.65 bits per heavy atom. The summed E-state index contributed by atoms with van der Waals surface area (Å²) in [6.07, 6.45) is 2.14. The van der Waals surface area contributed by atoms with Gasteiger partial charge in [0, 0.05) is 59.5 Å². The molecule has 1 unspecified atom stereocenters. The maximum Gasteiger partial charge on any atom is 0.255 e. The molecular formula is C31H29ClN4O4. The summed E-state index contributed by atoms with van der Waals surface area (Å²) in [4.78, 5) is 53.5. The summed E-state index contributed by atoms with van der Waals surface area (Å²) < 4.78 is 0. The molecule has 0 aliphatic carbocycles. The average molecular weight is 557 g/mol. The van der Waals surface area contributed by atoms with Crippen molar-refractivity contribution in [3.05, 3.63) is 88.4 Å². The van der Waals surface area contributed by atoms with Crippen LogP contribution >= 0.6 is 11.6 Å². The highest BCUT2D eigenvalue weighted by atomic mass is 35.5. The summed E-state index contributed by atoms with van der Waals surface area (Å²) in [5.74, 6) is -1.06. The van der Waals surface area contributed by atoms with Crippen LogP contribution in [0.2, 0.25) is 5.02 Å².